The molecule has 2 N–H and O–H groups in total. The topological polar surface area (TPSA) is 98.2 Å². The average molecular weight is 365 g/mol. The van der Waals surface area contributed by atoms with Crippen LogP contribution in [0.25, 0.3) is 0 Å². The number of primary amides is 1. The van der Waals surface area contributed by atoms with Crippen LogP contribution in [0.3, 0.4) is 0 Å². The van der Waals surface area contributed by atoms with Gasteiger partial charge in [0, 0.05) is 24.8 Å². The molecule has 2 aromatic rings. The van der Waals surface area contributed by atoms with Crippen molar-refractivity contribution in [1.82, 2.24) is 4.98 Å². The number of alkyl halides is 3. The number of carbonyl (C=O) groups is 1. The van der Waals surface area contributed by atoms with Crippen LogP contribution >= 0.6 is 0 Å². The minimum absolute atomic E-state index is 0.0391. The lowest BCUT2D eigenvalue weighted by Gasteiger charge is -2.12. The van der Waals surface area contributed by atoms with Crippen LogP contribution in [0.5, 0.6) is 17.4 Å². The summed E-state index contributed by atoms with van der Waals surface area (Å²) in [6, 6.07) is 8.35. The molecule has 1 amide bonds. The van der Waals surface area contributed by atoms with Crippen molar-refractivity contribution in [3.05, 3.63) is 47.7 Å². The first-order valence-corrected chi connectivity index (χ1v) is 7.48. The van der Waals surface area contributed by atoms with E-state index in [0.717, 1.165) is 17.7 Å². The Balaban J connectivity index is 2.07. The van der Waals surface area contributed by atoms with Crippen LogP contribution in [0.15, 0.2) is 36.5 Å². The summed E-state index contributed by atoms with van der Waals surface area (Å²) in [5, 5.41) is 8.85. The van der Waals surface area contributed by atoms with Gasteiger partial charge in [0.05, 0.1) is 5.56 Å². The maximum atomic E-state index is 12.4. The van der Waals surface area contributed by atoms with Gasteiger partial charge in [-0.2, -0.15) is 5.26 Å². The Morgan fingerprint density at radius 3 is 2.62 bits per heavy atom. The van der Waals surface area contributed by atoms with E-state index >= 15 is 0 Å². The first kappa shape index (κ1) is 19.1. The highest BCUT2D eigenvalue weighted by Gasteiger charge is 2.32. The van der Waals surface area contributed by atoms with Gasteiger partial charge < -0.3 is 15.2 Å². The van der Waals surface area contributed by atoms with Crippen LogP contribution in [0.2, 0.25) is 0 Å². The van der Waals surface area contributed by atoms with Crippen molar-refractivity contribution < 1.29 is 27.4 Å². The molecule has 0 aliphatic carbocycles. The maximum Gasteiger partial charge on any atom is 0.573 e. The monoisotopic (exact) mass is 365 g/mol. The average Bonchev–Trinajstić information content (AvgIpc) is 2.55. The van der Waals surface area contributed by atoms with E-state index in [-0.39, 0.29) is 29.5 Å². The molecule has 0 radical (unpaired) electrons. The molecule has 2 rings (SSSR count). The third kappa shape index (κ3) is 5.98. The number of nitriles is 1. The van der Waals surface area contributed by atoms with E-state index in [4.69, 9.17) is 15.7 Å². The highest BCUT2D eigenvalue weighted by molar-refractivity contribution is 5.73. The Hall–Kier alpha value is -3.28. The van der Waals surface area contributed by atoms with E-state index in [1.807, 2.05) is 0 Å². The van der Waals surface area contributed by atoms with Gasteiger partial charge in [0.15, 0.2) is 5.75 Å². The SMILES string of the molecule is N#Cc1ccc(Oc2ccc(CCCC(N)=O)cn2)cc1OC(F)(F)F. The van der Waals surface area contributed by atoms with Crippen LogP contribution < -0.4 is 15.2 Å². The van der Waals surface area contributed by atoms with Gasteiger partial charge in [-0.1, -0.05) is 6.07 Å². The summed E-state index contributed by atoms with van der Waals surface area (Å²) < 4.78 is 46.4. The van der Waals surface area contributed by atoms with E-state index in [0.29, 0.717) is 12.8 Å². The first-order valence-electron chi connectivity index (χ1n) is 7.48. The number of pyridine rings is 1. The molecule has 0 atom stereocenters. The number of aromatic nitrogens is 1. The minimum Gasteiger partial charge on any atom is -0.439 e. The van der Waals surface area contributed by atoms with Crippen molar-refractivity contribution in [3.63, 3.8) is 0 Å². The van der Waals surface area contributed by atoms with Gasteiger partial charge in [-0.3, -0.25) is 4.79 Å². The van der Waals surface area contributed by atoms with Gasteiger partial charge in [-0.05, 0) is 30.5 Å². The predicted molar refractivity (Wildman–Crippen MR) is 84.3 cm³/mol. The predicted octanol–water partition coefficient (Wildman–Crippen LogP) is 3.45. The molecule has 26 heavy (non-hydrogen) atoms. The summed E-state index contributed by atoms with van der Waals surface area (Å²) in [5.41, 5.74) is 5.65. The lowest BCUT2D eigenvalue weighted by atomic mass is 10.1. The van der Waals surface area contributed by atoms with Gasteiger partial charge in [0.1, 0.15) is 11.8 Å². The Morgan fingerprint density at radius 1 is 1.27 bits per heavy atom. The fourth-order valence-corrected chi connectivity index (χ4v) is 2.07. The van der Waals surface area contributed by atoms with Gasteiger partial charge in [-0.25, -0.2) is 4.98 Å². The number of halogens is 3. The van der Waals surface area contributed by atoms with Crippen LogP contribution in [-0.4, -0.2) is 17.3 Å². The second kappa shape index (κ2) is 8.20. The smallest absolute Gasteiger partial charge is 0.439 e. The van der Waals surface area contributed by atoms with E-state index in [9.17, 15) is 18.0 Å². The summed E-state index contributed by atoms with van der Waals surface area (Å²) >= 11 is 0. The number of hydrogen-bond acceptors (Lipinski definition) is 5. The number of nitrogens with zero attached hydrogens (tertiary/aromatic N) is 2. The minimum atomic E-state index is -4.92. The second-order valence-corrected chi connectivity index (χ2v) is 5.24. The van der Waals surface area contributed by atoms with E-state index in [1.54, 1.807) is 18.2 Å². The van der Waals surface area contributed by atoms with Gasteiger partial charge in [0.25, 0.3) is 0 Å². The Bertz CT molecular complexity index is 815. The lowest BCUT2D eigenvalue weighted by molar-refractivity contribution is -0.274. The fourth-order valence-electron chi connectivity index (χ4n) is 2.07. The van der Waals surface area contributed by atoms with Crippen molar-refractivity contribution in [2.75, 3.05) is 0 Å². The Kier molecular flexibility index (Phi) is 6.01. The zero-order chi connectivity index (χ0) is 19.2. The summed E-state index contributed by atoms with van der Waals surface area (Å²) in [4.78, 5) is 14.7. The Morgan fingerprint density at radius 2 is 2.04 bits per heavy atom. The summed E-state index contributed by atoms with van der Waals surface area (Å²) in [6.07, 6.45) is -1.92. The number of rotatable bonds is 7. The van der Waals surface area contributed by atoms with Crippen LogP contribution in [0, 0.1) is 11.3 Å². The molecular weight excluding hydrogens is 351 g/mol. The van der Waals surface area contributed by atoms with E-state index in [1.165, 1.54) is 12.3 Å². The number of nitrogens with two attached hydrogens (primary N) is 1. The third-order valence-electron chi connectivity index (χ3n) is 3.21. The zero-order valence-corrected chi connectivity index (χ0v) is 13.4. The molecule has 1 heterocycles. The highest BCUT2D eigenvalue weighted by Crippen LogP contribution is 2.31. The summed E-state index contributed by atoms with van der Waals surface area (Å²) in [6.45, 7) is 0. The van der Waals surface area contributed by atoms with E-state index in [2.05, 4.69) is 9.72 Å². The number of amides is 1. The number of benzene rings is 1. The van der Waals surface area contributed by atoms with Gasteiger partial charge in [0.2, 0.25) is 11.8 Å². The summed E-state index contributed by atoms with van der Waals surface area (Å²) in [5.74, 6) is -0.834. The van der Waals surface area contributed by atoms with Crippen molar-refractivity contribution >= 4 is 5.91 Å². The first-order chi connectivity index (χ1) is 12.3. The molecule has 0 aliphatic heterocycles. The summed E-state index contributed by atoms with van der Waals surface area (Å²) in [7, 11) is 0. The van der Waals surface area contributed by atoms with Crippen molar-refractivity contribution in [2.24, 2.45) is 5.73 Å². The quantitative estimate of drug-likeness (QED) is 0.810. The molecule has 0 saturated carbocycles. The number of aryl methyl sites for hydroxylation is 1. The van der Waals surface area contributed by atoms with Gasteiger partial charge in [-0.15, -0.1) is 13.2 Å². The molecule has 0 fully saturated rings. The number of hydrogen-bond donors (Lipinski definition) is 1. The standard InChI is InChI=1S/C17H14F3N3O3/c18-17(19,20)26-14-8-13(6-5-12(14)9-21)25-16-7-4-11(10-23-16)2-1-3-15(22)24/h4-8,10H,1-3H2,(H2,22,24). The molecular formula is C17H14F3N3O3. The lowest BCUT2D eigenvalue weighted by Crippen LogP contribution is -2.17. The van der Waals surface area contributed by atoms with Crippen molar-refractivity contribution in [1.29, 1.82) is 5.26 Å². The molecule has 6 nitrogen and oxygen atoms in total. The maximum absolute atomic E-state index is 12.4. The van der Waals surface area contributed by atoms with Crippen LogP contribution in [0.1, 0.15) is 24.0 Å². The normalized spacial score (nSPS) is 10.8. The fraction of sp³-hybridized carbons (Fsp3) is 0.235. The number of ether oxygens (including phenoxy) is 2. The molecule has 0 aliphatic rings. The van der Waals surface area contributed by atoms with Crippen LogP contribution in [-0.2, 0) is 11.2 Å². The molecule has 0 spiro atoms. The molecule has 9 heteroatoms. The third-order valence-corrected chi connectivity index (χ3v) is 3.21. The highest BCUT2D eigenvalue weighted by atomic mass is 19.4. The molecule has 0 saturated heterocycles. The zero-order valence-electron chi connectivity index (χ0n) is 13.4. The van der Waals surface area contributed by atoms with E-state index < -0.39 is 12.1 Å². The second-order valence-electron chi connectivity index (χ2n) is 5.24. The van der Waals surface area contributed by atoms with Crippen molar-refractivity contribution in [2.45, 2.75) is 25.6 Å². The largest absolute Gasteiger partial charge is 0.573 e. The molecule has 1 aromatic carbocycles. The number of carbonyl (C=O) groups excluding carboxylic acids is 1. The molecule has 0 unspecified atom stereocenters. The van der Waals surface area contributed by atoms with Crippen molar-refractivity contribution in [3.8, 4) is 23.4 Å². The Labute approximate surface area is 147 Å². The molecule has 0 bridgehead atoms. The molecule has 1 aromatic heterocycles. The molecule has 136 valence electrons. The van der Waals surface area contributed by atoms with Crippen LogP contribution in [0.4, 0.5) is 13.2 Å². The van der Waals surface area contributed by atoms with Gasteiger partial charge >= 0.3 is 6.36 Å².